The molecule has 3 N–H and O–H groups in total. The van der Waals surface area contributed by atoms with Gasteiger partial charge in [-0.25, -0.2) is 0 Å². The molecule has 0 saturated heterocycles. The molecule has 0 unspecified atom stereocenters. The van der Waals surface area contributed by atoms with Gasteiger partial charge in [0.2, 0.25) is 0 Å². The van der Waals surface area contributed by atoms with Gasteiger partial charge in [0.15, 0.2) is 5.69 Å². The first-order valence-corrected chi connectivity index (χ1v) is 6.49. The number of aromatic nitrogens is 3. The molecule has 2 aromatic rings. The Balaban J connectivity index is 2.15. The maximum atomic E-state index is 12.3. The maximum absolute atomic E-state index is 12.3. The van der Waals surface area contributed by atoms with Crippen molar-refractivity contribution in [1.29, 1.82) is 0 Å². The molecule has 0 spiro atoms. The van der Waals surface area contributed by atoms with Crippen LogP contribution in [0, 0.1) is 0 Å². The summed E-state index contributed by atoms with van der Waals surface area (Å²) >= 11 is 0. The van der Waals surface area contributed by atoms with Crippen molar-refractivity contribution in [2.45, 2.75) is 26.3 Å². The Kier molecular flexibility index (Phi) is 4.02. The van der Waals surface area contributed by atoms with Crippen LogP contribution in [0.3, 0.4) is 0 Å². The number of aromatic amines is 1. The molecule has 0 bridgehead atoms. The van der Waals surface area contributed by atoms with Gasteiger partial charge in [0.1, 0.15) is 0 Å². The summed E-state index contributed by atoms with van der Waals surface area (Å²) in [4.78, 5) is 18.1. The highest BCUT2D eigenvalue weighted by atomic mass is 16.2. The average molecular weight is 273 g/mol. The van der Waals surface area contributed by atoms with E-state index in [0.717, 1.165) is 11.4 Å². The third-order valence-electron chi connectivity index (χ3n) is 3.09. The van der Waals surface area contributed by atoms with E-state index in [-0.39, 0.29) is 17.5 Å². The molecular formula is C14H19N5O. The van der Waals surface area contributed by atoms with Crippen LogP contribution in [0.2, 0.25) is 0 Å². The number of pyridine rings is 1. The normalized spacial score (nSPS) is 10.8. The quantitative estimate of drug-likeness (QED) is 0.888. The van der Waals surface area contributed by atoms with E-state index in [4.69, 9.17) is 5.73 Å². The number of amides is 1. The Morgan fingerprint density at radius 1 is 1.45 bits per heavy atom. The number of hydrogen-bond donors (Lipinski definition) is 2. The molecule has 2 aromatic heterocycles. The Hall–Kier alpha value is -2.37. The van der Waals surface area contributed by atoms with Gasteiger partial charge in [-0.3, -0.25) is 14.9 Å². The zero-order valence-corrected chi connectivity index (χ0v) is 11.9. The second kappa shape index (κ2) is 5.73. The van der Waals surface area contributed by atoms with Crippen LogP contribution in [0.25, 0.3) is 0 Å². The molecule has 1 amide bonds. The molecule has 0 saturated carbocycles. The largest absolute Gasteiger partial charge is 0.395 e. The third-order valence-corrected chi connectivity index (χ3v) is 3.09. The molecule has 2 heterocycles. The van der Waals surface area contributed by atoms with Crippen LogP contribution in [-0.4, -0.2) is 33.0 Å². The molecule has 0 atom stereocenters. The number of nitrogens with two attached hydrogens (primary N) is 1. The van der Waals surface area contributed by atoms with Crippen LogP contribution in [-0.2, 0) is 6.54 Å². The summed E-state index contributed by atoms with van der Waals surface area (Å²) in [7, 11) is 1.71. The van der Waals surface area contributed by atoms with Crippen molar-refractivity contribution < 1.29 is 4.79 Å². The molecule has 6 heteroatoms. The Labute approximate surface area is 118 Å². The van der Waals surface area contributed by atoms with Crippen LogP contribution >= 0.6 is 0 Å². The molecule has 0 radical (unpaired) electrons. The highest BCUT2D eigenvalue weighted by Gasteiger charge is 2.22. The minimum atomic E-state index is -0.212. The fourth-order valence-corrected chi connectivity index (χ4v) is 1.95. The first kappa shape index (κ1) is 14.0. The van der Waals surface area contributed by atoms with Crippen LogP contribution in [0.5, 0.6) is 0 Å². The summed E-state index contributed by atoms with van der Waals surface area (Å²) in [6, 6.07) is 5.60. The Morgan fingerprint density at radius 3 is 2.75 bits per heavy atom. The number of hydrogen-bond acceptors (Lipinski definition) is 4. The van der Waals surface area contributed by atoms with Gasteiger partial charge in [-0.1, -0.05) is 19.9 Å². The SMILES string of the molecule is CC(C)c1[nH]nc(C(=O)N(C)Cc2ccccn2)c1N. The molecule has 106 valence electrons. The van der Waals surface area contributed by atoms with Gasteiger partial charge < -0.3 is 10.6 Å². The number of H-pyrrole nitrogens is 1. The summed E-state index contributed by atoms with van der Waals surface area (Å²) in [5, 5.41) is 6.87. The van der Waals surface area contributed by atoms with Crippen molar-refractivity contribution in [2.75, 3.05) is 12.8 Å². The van der Waals surface area contributed by atoms with Crippen LogP contribution in [0.4, 0.5) is 5.69 Å². The van der Waals surface area contributed by atoms with Crippen molar-refractivity contribution in [3.05, 3.63) is 41.5 Å². The Morgan fingerprint density at radius 2 is 2.20 bits per heavy atom. The summed E-state index contributed by atoms with van der Waals surface area (Å²) in [5.41, 5.74) is 8.29. The zero-order chi connectivity index (χ0) is 14.7. The monoisotopic (exact) mass is 273 g/mol. The van der Waals surface area contributed by atoms with Gasteiger partial charge in [-0.15, -0.1) is 0 Å². The van der Waals surface area contributed by atoms with Crippen LogP contribution in [0.15, 0.2) is 24.4 Å². The summed E-state index contributed by atoms with van der Waals surface area (Å²) < 4.78 is 0. The van der Waals surface area contributed by atoms with E-state index in [1.54, 1.807) is 18.1 Å². The predicted molar refractivity (Wildman–Crippen MR) is 77.1 cm³/mol. The van der Waals surface area contributed by atoms with E-state index in [9.17, 15) is 4.79 Å². The summed E-state index contributed by atoms with van der Waals surface area (Å²) in [6.45, 7) is 4.41. The van der Waals surface area contributed by atoms with Gasteiger partial charge in [0.05, 0.1) is 23.6 Å². The van der Waals surface area contributed by atoms with E-state index in [0.29, 0.717) is 12.2 Å². The lowest BCUT2D eigenvalue weighted by atomic mass is 10.1. The van der Waals surface area contributed by atoms with Crippen LogP contribution < -0.4 is 5.73 Å². The summed E-state index contributed by atoms with van der Waals surface area (Å²) in [5.74, 6) is -0.0125. The second-order valence-corrected chi connectivity index (χ2v) is 5.04. The zero-order valence-electron chi connectivity index (χ0n) is 11.9. The lowest BCUT2D eigenvalue weighted by Gasteiger charge is -2.15. The van der Waals surface area contributed by atoms with E-state index in [2.05, 4.69) is 15.2 Å². The molecule has 20 heavy (non-hydrogen) atoms. The van der Waals surface area contributed by atoms with Gasteiger partial charge >= 0.3 is 0 Å². The molecule has 0 aliphatic carbocycles. The van der Waals surface area contributed by atoms with Crippen molar-refractivity contribution >= 4 is 11.6 Å². The van der Waals surface area contributed by atoms with Gasteiger partial charge in [-0.05, 0) is 18.1 Å². The molecule has 0 aromatic carbocycles. The molecule has 2 rings (SSSR count). The van der Waals surface area contributed by atoms with Crippen molar-refractivity contribution in [3.63, 3.8) is 0 Å². The highest BCUT2D eigenvalue weighted by Crippen LogP contribution is 2.23. The topological polar surface area (TPSA) is 87.9 Å². The summed E-state index contributed by atoms with van der Waals surface area (Å²) in [6.07, 6.45) is 1.70. The first-order valence-electron chi connectivity index (χ1n) is 6.49. The second-order valence-electron chi connectivity index (χ2n) is 5.04. The minimum absolute atomic E-state index is 0.199. The first-order chi connectivity index (χ1) is 9.50. The van der Waals surface area contributed by atoms with Crippen molar-refractivity contribution in [2.24, 2.45) is 0 Å². The molecule has 0 aliphatic heterocycles. The molecule has 0 fully saturated rings. The minimum Gasteiger partial charge on any atom is -0.395 e. The predicted octanol–water partition coefficient (Wildman–Crippen LogP) is 1.78. The van der Waals surface area contributed by atoms with Gasteiger partial charge in [-0.2, -0.15) is 5.10 Å². The number of nitrogen functional groups attached to an aromatic ring is 1. The fraction of sp³-hybridized carbons (Fsp3) is 0.357. The average Bonchev–Trinajstić information content (AvgIpc) is 2.81. The molecule has 0 aliphatic rings. The number of anilines is 1. The van der Waals surface area contributed by atoms with E-state index in [1.165, 1.54) is 0 Å². The molecular weight excluding hydrogens is 254 g/mol. The number of carbonyl (C=O) groups excluding carboxylic acids is 1. The van der Waals surface area contributed by atoms with E-state index >= 15 is 0 Å². The van der Waals surface area contributed by atoms with E-state index < -0.39 is 0 Å². The maximum Gasteiger partial charge on any atom is 0.276 e. The van der Waals surface area contributed by atoms with Gasteiger partial charge in [0, 0.05) is 13.2 Å². The van der Waals surface area contributed by atoms with Crippen molar-refractivity contribution in [1.82, 2.24) is 20.1 Å². The highest BCUT2D eigenvalue weighted by molar-refractivity contribution is 5.97. The Bertz CT molecular complexity index is 591. The standard InChI is InChI=1S/C14H19N5O/c1-9(2)12-11(15)13(18-17-12)14(20)19(3)8-10-6-4-5-7-16-10/h4-7,9H,8,15H2,1-3H3,(H,17,18). The lowest BCUT2D eigenvalue weighted by molar-refractivity contribution is 0.0778. The number of rotatable bonds is 4. The van der Waals surface area contributed by atoms with Crippen molar-refractivity contribution in [3.8, 4) is 0 Å². The third kappa shape index (κ3) is 2.79. The van der Waals surface area contributed by atoms with Gasteiger partial charge in [0.25, 0.3) is 5.91 Å². The fourth-order valence-electron chi connectivity index (χ4n) is 1.95. The smallest absolute Gasteiger partial charge is 0.276 e. The number of nitrogens with zero attached hydrogens (tertiary/aromatic N) is 3. The molecule has 6 nitrogen and oxygen atoms in total. The van der Waals surface area contributed by atoms with Crippen LogP contribution in [0.1, 0.15) is 41.6 Å². The number of carbonyl (C=O) groups is 1. The van der Waals surface area contributed by atoms with E-state index in [1.807, 2.05) is 32.0 Å². The number of nitrogens with one attached hydrogen (secondary N) is 1. The lowest BCUT2D eigenvalue weighted by Crippen LogP contribution is -2.27.